The molecule has 0 aliphatic heterocycles. The molecule has 13 heavy (non-hydrogen) atoms. The van der Waals surface area contributed by atoms with Crippen LogP contribution in [0.5, 0.6) is 0 Å². The first-order valence-corrected chi connectivity index (χ1v) is 10.8. The van der Waals surface area contributed by atoms with E-state index in [1.165, 1.54) is 0 Å². The van der Waals surface area contributed by atoms with Gasteiger partial charge in [-0.15, -0.1) is 0 Å². The van der Waals surface area contributed by atoms with Crippen molar-refractivity contribution in [3.8, 4) is 0 Å². The zero-order chi connectivity index (χ0) is 10.5. The molecule has 0 aromatic rings. The molecular weight excluding hydrogens is 192 g/mol. The van der Waals surface area contributed by atoms with Crippen molar-refractivity contribution in [2.45, 2.75) is 40.0 Å². The van der Waals surface area contributed by atoms with Crippen molar-refractivity contribution in [1.29, 1.82) is 0 Å². The van der Waals surface area contributed by atoms with E-state index in [0.717, 1.165) is 0 Å². The van der Waals surface area contributed by atoms with Crippen molar-refractivity contribution in [1.82, 2.24) is 0 Å². The molecule has 0 saturated heterocycles. The van der Waals surface area contributed by atoms with Crippen LogP contribution in [0.3, 0.4) is 0 Å². The predicted octanol–water partition coefficient (Wildman–Crippen LogP) is 3.64. The summed E-state index contributed by atoms with van der Waals surface area (Å²) >= 11 is 0. The Bertz CT molecular complexity index is 183. The van der Waals surface area contributed by atoms with Crippen LogP contribution in [0.4, 0.5) is 0 Å². The fourth-order valence-corrected chi connectivity index (χ4v) is 9.12. The molecule has 0 bridgehead atoms. The third kappa shape index (κ3) is 6.01. The summed E-state index contributed by atoms with van der Waals surface area (Å²) in [5, 5.41) is 0. The molecule has 3 heteroatoms. The first kappa shape index (κ1) is 12.9. The highest BCUT2D eigenvalue weighted by molar-refractivity contribution is 6.89. The van der Waals surface area contributed by atoms with Crippen LogP contribution < -0.4 is 0 Å². The van der Waals surface area contributed by atoms with Gasteiger partial charge in [0.1, 0.15) is 0 Å². The maximum atomic E-state index is 6.21. The Labute approximate surface area is 84.8 Å². The van der Waals surface area contributed by atoms with Gasteiger partial charge < -0.3 is 4.12 Å². The molecule has 0 aromatic heterocycles. The Kier molecular flexibility index (Phi) is 4.88. The molecule has 0 fully saturated rings. The van der Waals surface area contributed by atoms with Gasteiger partial charge in [-0.05, 0) is 40.0 Å². The topological polar surface area (TPSA) is 9.23 Å². The van der Waals surface area contributed by atoms with E-state index in [1.54, 1.807) is 0 Å². The first-order valence-electron chi connectivity index (χ1n) is 4.81. The summed E-state index contributed by atoms with van der Waals surface area (Å²) in [4.78, 5) is 0. The maximum Gasteiger partial charge on any atom is 0.198 e. The predicted molar refractivity (Wildman–Crippen MR) is 65.7 cm³/mol. The molecule has 76 valence electrons. The number of allylic oxidation sites excluding steroid dienone is 2. The molecular formula is C10H22OSi2. The van der Waals surface area contributed by atoms with Gasteiger partial charge in [0, 0.05) is 0 Å². The highest BCUT2D eigenvalue weighted by Gasteiger charge is 2.28. The number of rotatable bonds is 4. The second-order valence-corrected chi connectivity index (χ2v) is 12.2. The molecule has 0 rings (SSSR count). The van der Waals surface area contributed by atoms with Gasteiger partial charge in [-0.1, -0.05) is 23.6 Å². The molecule has 0 heterocycles. The minimum absolute atomic E-state index is 1.55. The van der Waals surface area contributed by atoms with Crippen molar-refractivity contribution in [3.05, 3.63) is 23.6 Å². The lowest BCUT2D eigenvalue weighted by atomic mass is 10.8. The van der Waals surface area contributed by atoms with Gasteiger partial charge in [0.15, 0.2) is 16.6 Å². The zero-order valence-electron chi connectivity index (χ0n) is 9.72. The standard InChI is InChI=1S/C10H22OSi2/c1-7-9-12(3,4)11-13(5,6)10-8-2/h7-10H,1-6H3. The molecule has 1 nitrogen and oxygen atoms in total. The fraction of sp³-hybridized carbons (Fsp3) is 0.600. The van der Waals surface area contributed by atoms with Crippen LogP contribution in [-0.2, 0) is 4.12 Å². The Hall–Kier alpha value is -0.126. The lowest BCUT2D eigenvalue weighted by Crippen LogP contribution is -2.42. The SMILES string of the molecule is CC=C[Si](C)(C)O[Si](C)(C)C=CC. The molecule has 0 aromatic carbocycles. The van der Waals surface area contributed by atoms with Crippen LogP contribution in [0.25, 0.3) is 0 Å². The Balaban J connectivity index is 4.41. The highest BCUT2D eigenvalue weighted by atomic mass is 28.4. The summed E-state index contributed by atoms with van der Waals surface area (Å²) in [7, 11) is -3.09. The third-order valence-electron chi connectivity index (χ3n) is 1.66. The largest absolute Gasteiger partial charge is 0.449 e. The molecule has 0 saturated carbocycles. The van der Waals surface area contributed by atoms with E-state index in [2.05, 4.69) is 63.6 Å². The average Bonchev–Trinajstić information content (AvgIpc) is 1.82. The van der Waals surface area contributed by atoms with Crippen molar-refractivity contribution in [3.63, 3.8) is 0 Å². The van der Waals surface area contributed by atoms with E-state index in [1.807, 2.05) is 0 Å². The lowest BCUT2D eigenvalue weighted by molar-refractivity contribution is 0.570. The number of hydrogen-bond donors (Lipinski definition) is 0. The Morgan fingerprint density at radius 3 is 1.31 bits per heavy atom. The van der Waals surface area contributed by atoms with E-state index in [0.29, 0.717) is 0 Å². The maximum absolute atomic E-state index is 6.21. The third-order valence-corrected chi connectivity index (χ3v) is 8.14. The highest BCUT2D eigenvalue weighted by Crippen LogP contribution is 2.16. The van der Waals surface area contributed by atoms with E-state index in [4.69, 9.17) is 4.12 Å². The van der Waals surface area contributed by atoms with Gasteiger partial charge in [-0.25, -0.2) is 0 Å². The van der Waals surface area contributed by atoms with Gasteiger partial charge in [-0.3, -0.25) is 0 Å². The van der Waals surface area contributed by atoms with E-state index >= 15 is 0 Å². The van der Waals surface area contributed by atoms with Crippen molar-refractivity contribution < 1.29 is 4.12 Å². The summed E-state index contributed by atoms with van der Waals surface area (Å²) in [5.41, 5.74) is 4.48. The van der Waals surface area contributed by atoms with Crippen LogP contribution in [0, 0.1) is 0 Å². The molecule has 0 N–H and O–H groups in total. The Morgan fingerprint density at radius 1 is 0.769 bits per heavy atom. The van der Waals surface area contributed by atoms with Gasteiger partial charge >= 0.3 is 0 Å². The minimum Gasteiger partial charge on any atom is -0.449 e. The fourth-order valence-electron chi connectivity index (χ4n) is 1.55. The second kappa shape index (κ2) is 4.93. The normalized spacial score (nSPS) is 14.6. The van der Waals surface area contributed by atoms with Gasteiger partial charge in [0.25, 0.3) is 0 Å². The summed E-state index contributed by atoms with van der Waals surface area (Å²) in [6.45, 7) is 13.1. The second-order valence-electron chi connectivity index (χ2n) is 4.31. The summed E-state index contributed by atoms with van der Waals surface area (Å²) in [6.07, 6.45) is 4.21. The summed E-state index contributed by atoms with van der Waals surface area (Å²) in [5.74, 6) is 0. The van der Waals surface area contributed by atoms with Crippen molar-refractivity contribution in [2.75, 3.05) is 0 Å². The van der Waals surface area contributed by atoms with E-state index in [-0.39, 0.29) is 0 Å². The zero-order valence-corrected chi connectivity index (χ0v) is 11.7. The van der Waals surface area contributed by atoms with Crippen LogP contribution >= 0.6 is 0 Å². The Morgan fingerprint density at radius 2 is 1.08 bits per heavy atom. The quantitative estimate of drug-likeness (QED) is 0.649. The van der Waals surface area contributed by atoms with Crippen LogP contribution in [-0.4, -0.2) is 16.6 Å². The average molecular weight is 214 g/mol. The minimum atomic E-state index is -1.55. The summed E-state index contributed by atoms with van der Waals surface area (Å²) in [6, 6.07) is 0. The van der Waals surface area contributed by atoms with Gasteiger partial charge in [0.2, 0.25) is 0 Å². The van der Waals surface area contributed by atoms with Crippen LogP contribution in [0.15, 0.2) is 23.6 Å². The monoisotopic (exact) mass is 214 g/mol. The van der Waals surface area contributed by atoms with Crippen LogP contribution in [0.1, 0.15) is 13.8 Å². The molecule has 0 amide bonds. The van der Waals surface area contributed by atoms with Crippen molar-refractivity contribution in [2.24, 2.45) is 0 Å². The lowest BCUT2D eigenvalue weighted by Gasteiger charge is -2.29. The summed E-state index contributed by atoms with van der Waals surface area (Å²) < 4.78 is 6.21. The van der Waals surface area contributed by atoms with Crippen molar-refractivity contribution >= 4 is 16.6 Å². The molecule has 0 unspecified atom stereocenters. The smallest absolute Gasteiger partial charge is 0.198 e. The molecule has 0 aliphatic carbocycles. The van der Waals surface area contributed by atoms with Gasteiger partial charge in [0.05, 0.1) is 0 Å². The molecule has 0 aliphatic rings. The molecule has 0 spiro atoms. The van der Waals surface area contributed by atoms with E-state index < -0.39 is 16.6 Å². The number of hydrogen-bond acceptors (Lipinski definition) is 1. The molecule has 0 radical (unpaired) electrons. The first-order chi connectivity index (χ1) is 5.83. The van der Waals surface area contributed by atoms with Crippen LogP contribution in [0.2, 0.25) is 26.2 Å². The molecule has 0 atom stereocenters. The van der Waals surface area contributed by atoms with E-state index in [9.17, 15) is 0 Å². The van der Waals surface area contributed by atoms with Gasteiger partial charge in [-0.2, -0.15) is 0 Å².